The first-order valence-electron chi connectivity index (χ1n) is 9.04. The van der Waals surface area contributed by atoms with Gasteiger partial charge in [-0.2, -0.15) is 0 Å². The number of nitrogens with one attached hydrogen (secondary N) is 2. The van der Waals surface area contributed by atoms with Gasteiger partial charge in [0.15, 0.2) is 5.96 Å². The predicted octanol–water partition coefficient (Wildman–Crippen LogP) is 4.26. The monoisotopic (exact) mass is 506 g/mol. The minimum atomic E-state index is -0.475. The normalized spacial score (nSPS) is 18.7. The molecule has 0 aliphatic heterocycles. The number of aryl methyl sites for hydroxylation is 1. The molecule has 8 heteroatoms. The summed E-state index contributed by atoms with van der Waals surface area (Å²) in [7, 11) is 0. The third kappa shape index (κ3) is 5.84. The summed E-state index contributed by atoms with van der Waals surface area (Å²) >= 11 is 1.72. The Hall–Kier alpha value is -1.29. The fourth-order valence-corrected chi connectivity index (χ4v) is 3.78. The van der Waals surface area contributed by atoms with Gasteiger partial charge in [0.05, 0.1) is 5.01 Å². The van der Waals surface area contributed by atoms with E-state index in [1.807, 2.05) is 13.1 Å². The molecule has 2 N–H and O–H groups in total. The number of nitrogens with zero attached hydrogens (tertiary/aromatic N) is 2. The van der Waals surface area contributed by atoms with Gasteiger partial charge in [-0.1, -0.05) is 13.0 Å². The van der Waals surface area contributed by atoms with Crippen molar-refractivity contribution in [3.05, 3.63) is 51.5 Å². The lowest BCUT2D eigenvalue weighted by molar-refractivity contribution is 0.553. The summed E-state index contributed by atoms with van der Waals surface area (Å²) in [5.74, 6) is -0.413. The van der Waals surface area contributed by atoms with Crippen LogP contribution in [0.25, 0.3) is 0 Å². The number of rotatable bonds is 7. The fraction of sp³-hybridized carbons (Fsp3) is 0.474. The zero-order chi connectivity index (χ0) is 18.5. The summed E-state index contributed by atoms with van der Waals surface area (Å²) in [5, 5.41) is 7.56. The van der Waals surface area contributed by atoms with Crippen LogP contribution in [-0.2, 0) is 12.8 Å². The molecule has 0 radical (unpaired) electrons. The lowest BCUT2D eigenvalue weighted by Crippen LogP contribution is -2.39. The smallest absolute Gasteiger partial charge is 0.191 e. The van der Waals surface area contributed by atoms with Crippen molar-refractivity contribution in [3.8, 4) is 0 Å². The minimum absolute atomic E-state index is 0. The Bertz CT molecular complexity index is 761. The van der Waals surface area contributed by atoms with Gasteiger partial charge in [-0.05, 0) is 31.9 Å². The maximum absolute atomic E-state index is 13.9. The van der Waals surface area contributed by atoms with Crippen molar-refractivity contribution < 1.29 is 8.78 Å². The Morgan fingerprint density at radius 1 is 1.30 bits per heavy atom. The van der Waals surface area contributed by atoms with Crippen LogP contribution < -0.4 is 10.6 Å². The molecule has 1 saturated carbocycles. The molecule has 2 atom stereocenters. The molecule has 1 aromatic heterocycles. The number of benzene rings is 1. The Morgan fingerprint density at radius 2 is 2.04 bits per heavy atom. The van der Waals surface area contributed by atoms with E-state index in [1.54, 1.807) is 11.3 Å². The molecule has 2 aromatic rings. The number of aliphatic imine (C=N–C) groups is 1. The van der Waals surface area contributed by atoms with Crippen molar-refractivity contribution >= 4 is 41.3 Å². The molecule has 27 heavy (non-hydrogen) atoms. The van der Waals surface area contributed by atoms with Gasteiger partial charge in [0, 0.05) is 48.1 Å². The Balaban J connectivity index is 0.00000261. The van der Waals surface area contributed by atoms with Gasteiger partial charge in [0.1, 0.15) is 11.6 Å². The predicted molar refractivity (Wildman–Crippen MR) is 117 cm³/mol. The number of halogens is 3. The second-order valence-electron chi connectivity index (χ2n) is 6.31. The molecule has 1 fully saturated rings. The number of aromatic nitrogens is 1. The third-order valence-corrected chi connectivity index (χ3v) is 5.57. The van der Waals surface area contributed by atoms with Crippen molar-refractivity contribution in [3.63, 3.8) is 0 Å². The molecule has 148 valence electrons. The van der Waals surface area contributed by atoms with E-state index < -0.39 is 11.6 Å². The largest absolute Gasteiger partial charge is 0.357 e. The average Bonchev–Trinajstić information content (AvgIpc) is 3.19. The average molecular weight is 506 g/mol. The maximum Gasteiger partial charge on any atom is 0.191 e. The first kappa shape index (κ1) is 22.0. The van der Waals surface area contributed by atoms with Crippen LogP contribution in [-0.4, -0.2) is 30.1 Å². The Kier molecular flexibility index (Phi) is 8.40. The second kappa shape index (κ2) is 10.3. The van der Waals surface area contributed by atoms with Gasteiger partial charge in [-0.25, -0.2) is 13.8 Å². The molecule has 1 aliphatic carbocycles. The van der Waals surface area contributed by atoms with Gasteiger partial charge >= 0.3 is 0 Å². The highest BCUT2D eigenvalue weighted by atomic mass is 127. The number of hydrogen-bond donors (Lipinski definition) is 2. The summed E-state index contributed by atoms with van der Waals surface area (Å²) in [6, 6.07) is 4.02. The molecule has 1 aromatic carbocycles. The standard InChI is InChI=1S/C19H24F2N4S.HI/c1-3-12-11-24-17(26-12)8-9-23-19(22-4-2)25-16-10-13(16)18-14(20)6-5-7-15(18)21;/h5-7,11,13,16H,3-4,8-10H2,1-2H3,(H2,22,23,25);1H. The highest BCUT2D eigenvalue weighted by Crippen LogP contribution is 2.43. The number of thiazole rings is 1. The molecule has 2 unspecified atom stereocenters. The van der Waals surface area contributed by atoms with Crippen LogP contribution in [0.5, 0.6) is 0 Å². The van der Waals surface area contributed by atoms with E-state index in [0.717, 1.165) is 24.4 Å². The summed E-state index contributed by atoms with van der Waals surface area (Å²) in [6.07, 6.45) is 4.41. The highest BCUT2D eigenvalue weighted by molar-refractivity contribution is 14.0. The Morgan fingerprint density at radius 3 is 2.67 bits per heavy atom. The molecule has 1 heterocycles. The highest BCUT2D eigenvalue weighted by Gasteiger charge is 2.42. The van der Waals surface area contributed by atoms with Gasteiger partial charge in [-0.3, -0.25) is 4.99 Å². The lowest BCUT2D eigenvalue weighted by Gasteiger charge is -2.11. The van der Waals surface area contributed by atoms with Crippen molar-refractivity contribution in [2.45, 2.75) is 45.1 Å². The van der Waals surface area contributed by atoms with E-state index in [1.165, 1.54) is 23.1 Å². The zero-order valence-corrected chi connectivity index (χ0v) is 18.6. The number of hydrogen-bond acceptors (Lipinski definition) is 3. The first-order chi connectivity index (χ1) is 12.6. The summed E-state index contributed by atoms with van der Waals surface area (Å²) < 4.78 is 27.8. The maximum atomic E-state index is 13.9. The van der Waals surface area contributed by atoms with Gasteiger partial charge in [0.2, 0.25) is 0 Å². The van der Waals surface area contributed by atoms with Crippen LogP contribution in [0.4, 0.5) is 8.78 Å². The first-order valence-corrected chi connectivity index (χ1v) is 9.86. The van der Waals surface area contributed by atoms with Gasteiger partial charge in [-0.15, -0.1) is 35.3 Å². The lowest BCUT2D eigenvalue weighted by atomic mass is 10.1. The zero-order valence-electron chi connectivity index (χ0n) is 15.5. The molecule has 0 amide bonds. The summed E-state index contributed by atoms with van der Waals surface area (Å²) in [5.41, 5.74) is 0.177. The van der Waals surface area contributed by atoms with Crippen LogP contribution in [0.2, 0.25) is 0 Å². The van der Waals surface area contributed by atoms with E-state index in [0.29, 0.717) is 18.9 Å². The summed E-state index contributed by atoms with van der Waals surface area (Å²) in [6.45, 7) is 5.46. The molecule has 0 bridgehead atoms. The molecular formula is C19H25F2IN4S. The van der Waals surface area contributed by atoms with E-state index in [4.69, 9.17) is 0 Å². The van der Waals surface area contributed by atoms with E-state index in [2.05, 4.69) is 27.5 Å². The number of guanidine groups is 1. The SMILES string of the molecule is CCNC(=NCCc1ncc(CC)s1)NC1CC1c1c(F)cccc1F.I. The fourth-order valence-electron chi connectivity index (χ4n) is 2.92. The molecular weight excluding hydrogens is 481 g/mol. The van der Waals surface area contributed by atoms with Gasteiger partial charge < -0.3 is 10.6 Å². The summed E-state index contributed by atoms with van der Waals surface area (Å²) in [4.78, 5) is 10.2. The van der Waals surface area contributed by atoms with Gasteiger partial charge in [0.25, 0.3) is 0 Å². The van der Waals surface area contributed by atoms with E-state index >= 15 is 0 Å². The van der Waals surface area contributed by atoms with Crippen molar-refractivity contribution in [1.29, 1.82) is 0 Å². The van der Waals surface area contributed by atoms with Crippen LogP contribution in [0.3, 0.4) is 0 Å². The van der Waals surface area contributed by atoms with E-state index in [9.17, 15) is 8.78 Å². The molecule has 1 aliphatic rings. The molecule has 0 saturated heterocycles. The quantitative estimate of drug-likeness (QED) is 0.336. The minimum Gasteiger partial charge on any atom is -0.357 e. The van der Waals surface area contributed by atoms with Crippen LogP contribution >= 0.6 is 35.3 Å². The molecule has 0 spiro atoms. The van der Waals surface area contributed by atoms with Crippen LogP contribution in [0.1, 0.15) is 41.6 Å². The Labute approximate surface area is 179 Å². The molecule has 3 rings (SSSR count). The van der Waals surface area contributed by atoms with Crippen molar-refractivity contribution in [1.82, 2.24) is 15.6 Å². The van der Waals surface area contributed by atoms with Crippen molar-refractivity contribution in [2.75, 3.05) is 13.1 Å². The van der Waals surface area contributed by atoms with Crippen LogP contribution in [0.15, 0.2) is 29.4 Å². The van der Waals surface area contributed by atoms with Crippen LogP contribution in [0, 0.1) is 11.6 Å². The second-order valence-corrected chi connectivity index (χ2v) is 7.51. The van der Waals surface area contributed by atoms with E-state index in [-0.39, 0.29) is 41.5 Å². The molecule has 4 nitrogen and oxygen atoms in total. The topological polar surface area (TPSA) is 49.3 Å². The van der Waals surface area contributed by atoms with Crippen molar-refractivity contribution in [2.24, 2.45) is 4.99 Å². The third-order valence-electron chi connectivity index (χ3n) is 4.37.